The first-order valence-electron chi connectivity index (χ1n) is 10.5. The fourth-order valence-corrected chi connectivity index (χ4v) is 3.42. The SMILES string of the molecule is CCC(C)Oc1ccc(C(=O)Nc2ccc(C(=O)NC3CCCCC3)cc2)cc1. The third-order valence-electron chi connectivity index (χ3n) is 5.37. The molecule has 1 aliphatic carbocycles. The summed E-state index contributed by atoms with van der Waals surface area (Å²) in [6.07, 6.45) is 6.80. The zero-order valence-corrected chi connectivity index (χ0v) is 17.2. The van der Waals surface area contributed by atoms with Crippen molar-refractivity contribution in [2.75, 3.05) is 5.32 Å². The Hall–Kier alpha value is -2.82. The number of benzene rings is 2. The second-order valence-electron chi connectivity index (χ2n) is 7.70. The number of rotatable bonds is 7. The number of ether oxygens (including phenoxy) is 1. The van der Waals surface area contributed by atoms with Crippen LogP contribution in [-0.4, -0.2) is 24.0 Å². The molecule has 0 bridgehead atoms. The van der Waals surface area contributed by atoms with Crippen molar-refractivity contribution in [1.29, 1.82) is 0 Å². The first-order chi connectivity index (χ1) is 14.0. The molecular weight excluding hydrogens is 364 g/mol. The lowest BCUT2D eigenvalue weighted by molar-refractivity contribution is 0.0927. The maximum absolute atomic E-state index is 12.5. The van der Waals surface area contributed by atoms with Crippen LogP contribution in [0.25, 0.3) is 0 Å². The van der Waals surface area contributed by atoms with E-state index in [1.54, 1.807) is 48.5 Å². The molecule has 29 heavy (non-hydrogen) atoms. The van der Waals surface area contributed by atoms with Crippen LogP contribution < -0.4 is 15.4 Å². The van der Waals surface area contributed by atoms with Gasteiger partial charge in [0.05, 0.1) is 6.10 Å². The molecular formula is C24H30N2O3. The van der Waals surface area contributed by atoms with E-state index >= 15 is 0 Å². The molecule has 1 unspecified atom stereocenters. The first-order valence-corrected chi connectivity index (χ1v) is 10.5. The second-order valence-corrected chi connectivity index (χ2v) is 7.70. The Morgan fingerprint density at radius 2 is 1.52 bits per heavy atom. The minimum Gasteiger partial charge on any atom is -0.491 e. The van der Waals surface area contributed by atoms with E-state index in [9.17, 15) is 9.59 Å². The molecule has 1 atom stereocenters. The largest absolute Gasteiger partial charge is 0.491 e. The average molecular weight is 395 g/mol. The molecule has 5 heteroatoms. The summed E-state index contributed by atoms with van der Waals surface area (Å²) in [6.45, 7) is 4.08. The van der Waals surface area contributed by atoms with Gasteiger partial charge < -0.3 is 15.4 Å². The maximum Gasteiger partial charge on any atom is 0.255 e. The van der Waals surface area contributed by atoms with E-state index in [0.717, 1.165) is 25.0 Å². The van der Waals surface area contributed by atoms with Crippen molar-refractivity contribution >= 4 is 17.5 Å². The molecule has 2 aromatic carbocycles. The molecule has 3 rings (SSSR count). The van der Waals surface area contributed by atoms with Crippen LogP contribution in [0.2, 0.25) is 0 Å². The lowest BCUT2D eigenvalue weighted by atomic mass is 9.95. The number of carbonyl (C=O) groups is 2. The van der Waals surface area contributed by atoms with E-state index in [-0.39, 0.29) is 24.0 Å². The number of anilines is 1. The number of hydrogen-bond acceptors (Lipinski definition) is 3. The highest BCUT2D eigenvalue weighted by Crippen LogP contribution is 2.19. The van der Waals surface area contributed by atoms with Gasteiger partial charge in [-0.1, -0.05) is 26.2 Å². The molecule has 0 aliphatic heterocycles. The molecule has 0 saturated heterocycles. The molecule has 1 aliphatic rings. The number of carbonyl (C=O) groups excluding carboxylic acids is 2. The van der Waals surface area contributed by atoms with Crippen molar-refractivity contribution in [2.24, 2.45) is 0 Å². The molecule has 0 radical (unpaired) electrons. The van der Waals surface area contributed by atoms with Crippen molar-refractivity contribution in [3.8, 4) is 5.75 Å². The van der Waals surface area contributed by atoms with Gasteiger partial charge in [-0.15, -0.1) is 0 Å². The zero-order chi connectivity index (χ0) is 20.6. The van der Waals surface area contributed by atoms with Gasteiger partial charge in [-0.2, -0.15) is 0 Å². The molecule has 0 heterocycles. The Kier molecular flexibility index (Phi) is 7.28. The summed E-state index contributed by atoms with van der Waals surface area (Å²) in [5, 5.41) is 5.97. The van der Waals surface area contributed by atoms with Gasteiger partial charge in [-0.25, -0.2) is 0 Å². The molecule has 2 N–H and O–H groups in total. The maximum atomic E-state index is 12.5. The van der Waals surface area contributed by atoms with Crippen LogP contribution in [0.15, 0.2) is 48.5 Å². The van der Waals surface area contributed by atoms with Crippen molar-refractivity contribution in [3.05, 3.63) is 59.7 Å². The Bertz CT molecular complexity index is 809. The molecule has 1 fully saturated rings. The third kappa shape index (κ3) is 6.08. The smallest absolute Gasteiger partial charge is 0.255 e. The van der Waals surface area contributed by atoms with Gasteiger partial charge in [-0.3, -0.25) is 9.59 Å². The van der Waals surface area contributed by atoms with E-state index in [4.69, 9.17) is 4.74 Å². The van der Waals surface area contributed by atoms with Crippen LogP contribution in [-0.2, 0) is 0 Å². The normalized spacial score (nSPS) is 15.4. The summed E-state index contributed by atoms with van der Waals surface area (Å²) in [4.78, 5) is 24.8. The molecule has 0 aromatic heterocycles. The van der Waals surface area contributed by atoms with Gasteiger partial charge in [0, 0.05) is 22.9 Å². The van der Waals surface area contributed by atoms with E-state index in [1.165, 1.54) is 19.3 Å². The average Bonchev–Trinajstić information content (AvgIpc) is 2.75. The number of hydrogen-bond donors (Lipinski definition) is 2. The molecule has 2 aromatic rings. The summed E-state index contributed by atoms with van der Waals surface area (Å²) in [7, 11) is 0. The minimum atomic E-state index is -0.195. The van der Waals surface area contributed by atoms with E-state index in [2.05, 4.69) is 17.6 Å². The highest BCUT2D eigenvalue weighted by molar-refractivity contribution is 6.04. The molecule has 1 saturated carbocycles. The fraction of sp³-hybridized carbons (Fsp3) is 0.417. The lowest BCUT2D eigenvalue weighted by Gasteiger charge is -2.22. The van der Waals surface area contributed by atoms with E-state index < -0.39 is 0 Å². The number of nitrogens with one attached hydrogen (secondary N) is 2. The van der Waals surface area contributed by atoms with Crippen molar-refractivity contribution in [3.63, 3.8) is 0 Å². The van der Waals surface area contributed by atoms with Gasteiger partial charge >= 0.3 is 0 Å². The summed E-state index contributed by atoms with van der Waals surface area (Å²) < 4.78 is 5.74. The Balaban J connectivity index is 1.54. The van der Waals surface area contributed by atoms with Gasteiger partial charge in [0.15, 0.2) is 0 Å². The summed E-state index contributed by atoms with van der Waals surface area (Å²) in [5.41, 5.74) is 1.82. The zero-order valence-electron chi connectivity index (χ0n) is 17.2. The monoisotopic (exact) mass is 394 g/mol. The molecule has 154 valence electrons. The third-order valence-corrected chi connectivity index (χ3v) is 5.37. The molecule has 0 spiro atoms. The van der Waals surface area contributed by atoms with E-state index in [1.807, 2.05) is 6.92 Å². The quantitative estimate of drug-likeness (QED) is 0.680. The van der Waals surface area contributed by atoms with Crippen molar-refractivity contribution in [2.45, 2.75) is 64.5 Å². The van der Waals surface area contributed by atoms with Crippen LogP contribution in [0.3, 0.4) is 0 Å². The van der Waals surface area contributed by atoms with Crippen LogP contribution in [0, 0.1) is 0 Å². The van der Waals surface area contributed by atoms with E-state index in [0.29, 0.717) is 16.8 Å². The van der Waals surface area contributed by atoms with Crippen LogP contribution in [0.1, 0.15) is 73.1 Å². The highest BCUT2D eigenvalue weighted by Gasteiger charge is 2.16. The predicted octanol–water partition coefficient (Wildman–Crippen LogP) is 5.18. The summed E-state index contributed by atoms with van der Waals surface area (Å²) in [5.74, 6) is 0.510. The summed E-state index contributed by atoms with van der Waals surface area (Å²) in [6, 6.07) is 14.4. The Morgan fingerprint density at radius 1 is 0.931 bits per heavy atom. The molecule has 2 amide bonds. The fourth-order valence-electron chi connectivity index (χ4n) is 3.42. The van der Waals surface area contributed by atoms with Crippen LogP contribution in [0.4, 0.5) is 5.69 Å². The Labute approximate surface area is 172 Å². The highest BCUT2D eigenvalue weighted by atomic mass is 16.5. The van der Waals surface area contributed by atoms with Crippen molar-refractivity contribution < 1.29 is 14.3 Å². The van der Waals surface area contributed by atoms with Crippen LogP contribution in [0.5, 0.6) is 5.75 Å². The van der Waals surface area contributed by atoms with Gasteiger partial charge in [0.2, 0.25) is 0 Å². The predicted molar refractivity (Wildman–Crippen MR) is 116 cm³/mol. The Morgan fingerprint density at radius 3 is 2.14 bits per heavy atom. The second kappa shape index (κ2) is 10.1. The van der Waals surface area contributed by atoms with Gasteiger partial charge in [0.1, 0.15) is 5.75 Å². The van der Waals surface area contributed by atoms with Crippen molar-refractivity contribution in [1.82, 2.24) is 5.32 Å². The lowest BCUT2D eigenvalue weighted by Crippen LogP contribution is -2.36. The first kappa shape index (κ1) is 20.9. The topological polar surface area (TPSA) is 67.4 Å². The minimum absolute atomic E-state index is 0.0494. The number of amides is 2. The van der Waals surface area contributed by atoms with Gasteiger partial charge in [0.25, 0.3) is 11.8 Å². The van der Waals surface area contributed by atoms with Gasteiger partial charge in [-0.05, 0) is 74.7 Å². The standard InChI is InChI=1S/C24H30N2O3/c1-3-17(2)29-22-15-11-19(12-16-22)24(28)26-21-13-9-18(10-14-21)23(27)25-20-7-5-4-6-8-20/h9-17,20H,3-8H2,1-2H3,(H,25,27)(H,26,28). The summed E-state index contributed by atoms with van der Waals surface area (Å²) >= 11 is 0. The van der Waals surface area contributed by atoms with Crippen LogP contribution >= 0.6 is 0 Å². The molecule has 5 nitrogen and oxygen atoms in total.